The predicted octanol–water partition coefficient (Wildman–Crippen LogP) is 1.18. The van der Waals surface area contributed by atoms with Crippen molar-refractivity contribution in [2.45, 2.75) is 25.8 Å². The second-order valence-electron chi connectivity index (χ2n) is 3.95. The highest BCUT2D eigenvalue weighted by Crippen LogP contribution is 2.09. The van der Waals surface area contributed by atoms with E-state index in [1.54, 1.807) is 0 Å². The van der Waals surface area contributed by atoms with Crippen LogP contribution in [0.25, 0.3) is 0 Å². The van der Waals surface area contributed by atoms with Crippen LogP contribution >= 0.6 is 0 Å². The lowest BCUT2D eigenvalue weighted by atomic mass is 10.0. The Hall–Kier alpha value is -1.39. The maximum atomic E-state index is 10.7. The fraction of sp³-hybridized carbons (Fsp3) is 0.462. The van der Waals surface area contributed by atoms with Crippen LogP contribution in [0.1, 0.15) is 24.0 Å². The second-order valence-corrected chi connectivity index (χ2v) is 3.95. The Bertz CT molecular complexity index is 352. The van der Waals surface area contributed by atoms with Crippen molar-refractivity contribution >= 4 is 5.97 Å². The number of rotatable bonds is 8. The van der Waals surface area contributed by atoms with Crippen LogP contribution in [-0.2, 0) is 17.8 Å². The molecular formula is C13H19NO3. The van der Waals surface area contributed by atoms with Crippen molar-refractivity contribution in [3.05, 3.63) is 35.4 Å². The summed E-state index contributed by atoms with van der Waals surface area (Å²) in [6.45, 7) is 1.73. The molecule has 0 fully saturated rings. The third-order valence-corrected chi connectivity index (χ3v) is 2.54. The number of hydrogen-bond acceptors (Lipinski definition) is 3. The number of benzene rings is 1. The van der Waals surface area contributed by atoms with Gasteiger partial charge in [0, 0.05) is 13.2 Å². The lowest BCUT2D eigenvalue weighted by molar-refractivity contribution is -0.136. The van der Waals surface area contributed by atoms with E-state index in [2.05, 4.69) is 5.32 Å². The first kappa shape index (κ1) is 13.7. The number of unbranched alkanes of at least 4 members (excludes halogenated alkanes) is 1. The van der Waals surface area contributed by atoms with Gasteiger partial charge in [-0.3, -0.25) is 4.79 Å². The van der Waals surface area contributed by atoms with E-state index in [1.807, 2.05) is 24.3 Å². The number of aliphatic hydroxyl groups excluding tert-OH is 1. The number of carbonyl (C=O) groups is 1. The minimum atomic E-state index is -0.808. The molecule has 0 saturated carbocycles. The van der Waals surface area contributed by atoms with Crippen LogP contribution in [0.5, 0.6) is 0 Å². The average molecular weight is 237 g/mol. The van der Waals surface area contributed by atoms with E-state index < -0.39 is 5.97 Å². The first-order valence-corrected chi connectivity index (χ1v) is 5.84. The van der Waals surface area contributed by atoms with E-state index in [4.69, 9.17) is 10.2 Å². The molecule has 3 N–H and O–H groups in total. The van der Waals surface area contributed by atoms with Crippen molar-refractivity contribution in [1.29, 1.82) is 0 Å². The number of nitrogens with one attached hydrogen (secondary N) is 1. The summed E-state index contributed by atoms with van der Waals surface area (Å²) in [7, 11) is 0. The second kappa shape index (κ2) is 7.81. The molecule has 0 aromatic heterocycles. The minimum Gasteiger partial charge on any atom is -0.481 e. The molecule has 4 heteroatoms. The van der Waals surface area contributed by atoms with Gasteiger partial charge in [0.2, 0.25) is 0 Å². The maximum absolute atomic E-state index is 10.7. The number of aliphatic carboxylic acids is 1. The van der Waals surface area contributed by atoms with Gasteiger partial charge in [0.25, 0.3) is 0 Å². The fourth-order valence-electron chi connectivity index (χ4n) is 1.65. The molecule has 0 bridgehead atoms. The van der Waals surface area contributed by atoms with Crippen LogP contribution in [0.15, 0.2) is 24.3 Å². The lowest BCUT2D eigenvalue weighted by Crippen LogP contribution is -2.16. The molecule has 1 aromatic rings. The van der Waals surface area contributed by atoms with Gasteiger partial charge in [-0.1, -0.05) is 24.3 Å². The van der Waals surface area contributed by atoms with Crippen LogP contribution in [0, 0.1) is 0 Å². The SMILES string of the molecule is O=C(O)Cc1ccccc1CNCCCCO. The molecule has 0 spiro atoms. The Morgan fingerprint density at radius 3 is 2.53 bits per heavy atom. The summed E-state index contributed by atoms with van der Waals surface area (Å²) in [4.78, 5) is 10.7. The van der Waals surface area contributed by atoms with Gasteiger partial charge in [0.05, 0.1) is 6.42 Å². The summed E-state index contributed by atoms with van der Waals surface area (Å²) in [5.41, 5.74) is 1.88. The van der Waals surface area contributed by atoms with E-state index in [1.165, 1.54) is 0 Å². The molecule has 0 amide bonds. The maximum Gasteiger partial charge on any atom is 0.307 e. The third-order valence-electron chi connectivity index (χ3n) is 2.54. The van der Waals surface area contributed by atoms with Gasteiger partial charge in [0.15, 0.2) is 0 Å². The quantitative estimate of drug-likeness (QED) is 0.594. The zero-order chi connectivity index (χ0) is 12.5. The lowest BCUT2D eigenvalue weighted by Gasteiger charge is -2.08. The van der Waals surface area contributed by atoms with E-state index in [0.717, 1.165) is 30.5 Å². The van der Waals surface area contributed by atoms with Crippen molar-refractivity contribution in [3.8, 4) is 0 Å². The minimum absolute atomic E-state index is 0.0640. The molecule has 0 heterocycles. The number of carboxylic acid groups (broad SMARTS) is 1. The van der Waals surface area contributed by atoms with Gasteiger partial charge in [-0.05, 0) is 30.5 Å². The fourth-order valence-corrected chi connectivity index (χ4v) is 1.65. The van der Waals surface area contributed by atoms with Crippen LogP contribution in [-0.4, -0.2) is 29.3 Å². The summed E-state index contributed by atoms with van der Waals surface area (Å²) in [6, 6.07) is 7.56. The summed E-state index contributed by atoms with van der Waals surface area (Å²) in [5, 5.41) is 20.7. The Morgan fingerprint density at radius 2 is 1.88 bits per heavy atom. The van der Waals surface area contributed by atoms with E-state index in [0.29, 0.717) is 6.54 Å². The van der Waals surface area contributed by atoms with Crippen LogP contribution in [0.4, 0.5) is 0 Å². The number of carboxylic acids is 1. The van der Waals surface area contributed by atoms with Crippen molar-refractivity contribution in [3.63, 3.8) is 0 Å². The molecule has 1 aromatic carbocycles. The molecular weight excluding hydrogens is 218 g/mol. The summed E-state index contributed by atoms with van der Waals surface area (Å²) in [6.07, 6.45) is 1.79. The Morgan fingerprint density at radius 1 is 1.18 bits per heavy atom. The van der Waals surface area contributed by atoms with Gasteiger partial charge >= 0.3 is 5.97 Å². The molecule has 17 heavy (non-hydrogen) atoms. The Kier molecular flexibility index (Phi) is 6.29. The highest BCUT2D eigenvalue weighted by atomic mass is 16.4. The molecule has 0 saturated heterocycles. The molecule has 0 aliphatic carbocycles. The third kappa shape index (κ3) is 5.47. The van der Waals surface area contributed by atoms with Gasteiger partial charge in [-0.15, -0.1) is 0 Å². The van der Waals surface area contributed by atoms with E-state index >= 15 is 0 Å². The van der Waals surface area contributed by atoms with E-state index in [-0.39, 0.29) is 13.0 Å². The Labute approximate surface area is 101 Å². The van der Waals surface area contributed by atoms with Crippen molar-refractivity contribution in [1.82, 2.24) is 5.32 Å². The number of hydrogen-bond donors (Lipinski definition) is 3. The van der Waals surface area contributed by atoms with Gasteiger partial charge in [0.1, 0.15) is 0 Å². The molecule has 94 valence electrons. The molecule has 0 atom stereocenters. The summed E-state index contributed by atoms with van der Waals surface area (Å²) >= 11 is 0. The van der Waals surface area contributed by atoms with Crippen LogP contribution in [0.3, 0.4) is 0 Å². The zero-order valence-corrected chi connectivity index (χ0v) is 9.85. The van der Waals surface area contributed by atoms with Gasteiger partial charge in [-0.2, -0.15) is 0 Å². The van der Waals surface area contributed by atoms with Crippen molar-refractivity contribution < 1.29 is 15.0 Å². The molecule has 0 aliphatic rings. The zero-order valence-electron chi connectivity index (χ0n) is 9.85. The van der Waals surface area contributed by atoms with Crippen LogP contribution in [0.2, 0.25) is 0 Å². The topological polar surface area (TPSA) is 69.6 Å². The van der Waals surface area contributed by atoms with Crippen molar-refractivity contribution in [2.75, 3.05) is 13.2 Å². The first-order chi connectivity index (χ1) is 8.24. The normalized spacial score (nSPS) is 10.4. The number of aliphatic hydroxyl groups is 1. The standard InChI is InChI=1S/C13H19NO3/c15-8-4-3-7-14-10-12-6-2-1-5-11(12)9-13(16)17/h1-2,5-6,14-15H,3-4,7-10H2,(H,16,17). The van der Waals surface area contributed by atoms with Gasteiger partial charge < -0.3 is 15.5 Å². The van der Waals surface area contributed by atoms with Gasteiger partial charge in [-0.25, -0.2) is 0 Å². The highest BCUT2D eigenvalue weighted by molar-refractivity contribution is 5.70. The molecule has 1 rings (SSSR count). The molecule has 0 radical (unpaired) electrons. The monoisotopic (exact) mass is 237 g/mol. The Balaban J connectivity index is 2.43. The van der Waals surface area contributed by atoms with Crippen molar-refractivity contribution in [2.24, 2.45) is 0 Å². The smallest absolute Gasteiger partial charge is 0.307 e. The highest BCUT2D eigenvalue weighted by Gasteiger charge is 2.05. The van der Waals surface area contributed by atoms with Crippen LogP contribution < -0.4 is 5.32 Å². The molecule has 0 unspecified atom stereocenters. The predicted molar refractivity (Wildman–Crippen MR) is 65.8 cm³/mol. The molecule has 4 nitrogen and oxygen atoms in total. The average Bonchev–Trinajstić information content (AvgIpc) is 2.30. The summed E-state index contributed by atoms with van der Waals surface area (Å²) < 4.78 is 0. The summed E-state index contributed by atoms with van der Waals surface area (Å²) in [5.74, 6) is -0.808. The first-order valence-electron chi connectivity index (χ1n) is 5.84. The molecule has 0 aliphatic heterocycles. The van der Waals surface area contributed by atoms with E-state index in [9.17, 15) is 4.79 Å². The largest absolute Gasteiger partial charge is 0.481 e.